The van der Waals surface area contributed by atoms with Gasteiger partial charge < -0.3 is 5.32 Å². The van der Waals surface area contributed by atoms with E-state index in [0.29, 0.717) is 16.6 Å². The molecule has 0 unspecified atom stereocenters. The smallest absolute Gasteiger partial charge is 0.381 e. The standard InChI is InChI=1S/C14H9Cl3F3N/c15-10-4-9(14(18,19)20)5-11(6-10)21-7-8-1-2-12(16)13(17)3-8/h1-6,21H,7H2. The van der Waals surface area contributed by atoms with Crippen LogP contribution in [0.3, 0.4) is 0 Å². The molecule has 0 atom stereocenters. The highest BCUT2D eigenvalue weighted by atomic mass is 35.5. The molecule has 0 fully saturated rings. The van der Waals surface area contributed by atoms with Crippen LogP contribution in [0.25, 0.3) is 0 Å². The van der Waals surface area contributed by atoms with Gasteiger partial charge in [-0.3, -0.25) is 0 Å². The lowest BCUT2D eigenvalue weighted by Crippen LogP contribution is -2.06. The van der Waals surface area contributed by atoms with Crippen molar-refractivity contribution in [2.75, 3.05) is 5.32 Å². The van der Waals surface area contributed by atoms with Gasteiger partial charge in [-0.15, -0.1) is 0 Å². The number of nitrogens with one attached hydrogen (secondary N) is 1. The summed E-state index contributed by atoms with van der Waals surface area (Å²) in [6.45, 7) is 0.300. The fourth-order valence-electron chi connectivity index (χ4n) is 1.71. The quantitative estimate of drug-likeness (QED) is 0.684. The van der Waals surface area contributed by atoms with Crippen LogP contribution in [0.4, 0.5) is 18.9 Å². The van der Waals surface area contributed by atoms with Crippen LogP contribution in [-0.2, 0) is 12.7 Å². The molecular weight excluding hydrogens is 346 g/mol. The summed E-state index contributed by atoms with van der Waals surface area (Å²) in [6, 6.07) is 8.31. The molecule has 0 aromatic heterocycles. The molecule has 0 spiro atoms. The van der Waals surface area contributed by atoms with Crippen molar-refractivity contribution in [2.24, 2.45) is 0 Å². The van der Waals surface area contributed by atoms with Crippen LogP contribution in [0.5, 0.6) is 0 Å². The van der Waals surface area contributed by atoms with E-state index < -0.39 is 11.7 Å². The highest BCUT2D eigenvalue weighted by Gasteiger charge is 2.31. The normalized spacial score (nSPS) is 11.5. The highest BCUT2D eigenvalue weighted by molar-refractivity contribution is 6.42. The molecule has 0 saturated carbocycles. The Morgan fingerprint density at radius 2 is 1.62 bits per heavy atom. The second-order valence-electron chi connectivity index (χ2n) is 4.33. The van der Waals surface area contributed by atoms with E-state index in [2.05, 4.69) is 5.32 Å². The van der Waals surface area contributed by atoms with E-state index in [1.807, 2.05) is 0 Å². The van der Waals surface area contributed by atoms with E-state index in [0.717, 1.165) is 17.7 Å². The average Bonchev–Trinajstić information content (AvgIpc) is 2.38. The van der Waals surface area contributed by atoms with Gasteiger partial charge in [-0.1, -0.05) is 40.9 Å². The lowest BCUT2D eigenvalue weighted by molar-refractivity contribution is -0.137. The summed E-state index contributed by atoms with van der Waals surface area (Å²) >= 11 is 17.4. The van der Waals surface area contributed by atoms with Gasteiger partial charge in [0.15, 0.2) is 0 Å². The lowest BCUT2D eigenvalue weighted by atomic mass is 10.1. The highest BCUT2D eigenvalue weighted by Crippen LogP contribution is 2.33. The van der Waals surface area contributed by atoms with E-state index in [1.54, 1.807) is 18.2 Å². The number of halogens is 6. The van der Waals surface area contributed by atoms with Crippen molar-refractivity contribution >= 4 is 40.5 Å². The summed E-state index contributed by atoms with van der Waals surface area (Å²) < 4.78 is 38.1. The molecule has 2 aromatic carbocycles. The number of alkyl halides is 3. The Hall–Kier alpha value is -1.10. The zero-order chi connectivity index (χ0) is 15.6. The zero-order valence-corrected chi connectivity index (χ0v) is 12.7. The average molecular weight is 355 g/mol. The van der Waals surface area contributed by atoms with E-state index in [1.165, 1.54) is 6.07 Å². The number of anilines is 1. The molecule has 7 heteroatoms. The predicted octanol–water partition coefficient (Wildman–Crippen LogP) is 6.28. The van der Waals surface area contributed by atoms with Crippen molar-refractivity contribution in [1.29, 1.82) is 0 Å². The first-order valence-corrected chi connectivity index (χ1v) is 6.94. The molecule has 0 bridgehead atoms. The van der Waals surface area contributed by atoms with Crippen LogP contribution in [0, 0.1) is 0 Å². The van der Waals surface area contributed by atoms with Crippen LogP contribution in [0.2, 0.25) is 15.1 Å². The maximum atomic E-state index is 12.7. The molecule has 1 N–H and O–H groups in total. The fraction of sp³-hybridized carbons (Fsp3) is 0.143. The minimum Gasteiger partial charge on any atom is -0.381 e. The zero-order valence-electron chi connectivity index (χ0n) is 10.4. The second-order valence-corrected chi connectivity index (χ2v) is 5.58. The lowest BCUT2D eigenvalue weighted by Gasteiger charge is -2.12. The minimum atomic E-state index is -4.44. The Balaban J connectivity index is 2.16. The van der Waals surface area contributed by atoms with Gasteiger partial charge >= 0.3 is 6.18 Å². The topological polar surface area (TPSA) is 12.0 Å². The summed E-state index contributed by atoms with van der Waals surface area (Å²) in [6.07, 6.45) is -4.44. The summed E-state index contributed by atoms with van der Waals surface area (Å²) in [7, 11) is 0. The molecule has 0 aliphatic rings. The van der Waals surface area contributed by atoms with Crippen molar-refractivity contribution in [3.8, 4) is 0 Å². The van der Waals surface area contributed by atoms with Gasteiger partial charge in [0, 0.05) is 17.3 Å². The first-order chi connectivity index (χ1) is 9.75. The summed E-state index contributed by atoms with van der Waals surface area (Å²) in [5.74, 6) is 0. The summed E-state index contributed by atoms with van der Waals surface area (Å²) in [5.41, 5.74) is 0.269. The largest absolute Gasteiger partial charge is 0.416 e. The third-order valence-electron chi connectivity index (χ3n) is 2.71. The van der Waals surface area contributed by atoms with Gasteiger partial charge in [-0.2, -0.15) is 13.2 Å². The molecule has 2 rings (SSSR count). The second kappa shape index (κ2) is 6.34. The van der Waals surface area contributed by atoms with Gasteiger partial charge in [0.05, 0.1) is 15.6 Å². The van der Waals surface area contributed by atoms with Gasteiger partial charge in [0.2, 0.25) is 0 Å². The Morgan fingerprint density at radius 3 is 2.24 bits per heavy atom. The molecule has 112 valence electrons. The fourth-order valence-corrected chi connectivity index (χ4v) is 2.26. The summed E-state index contributed by atoms with van der Waals surface area (Å²) in [5, 5.41) is 3.70. The van der Waals surface area contributed by atoms with Crippen LogP contribution in [0.1, 0.15) is 11.1 Å². The van der Waals surface area contributed by atoms with Crippen molar-refractivity contribution in [1.82, 2.24) is 0 Å². The molecule has 21 heavy (non-hydrogen) atoms. The molecule has 0 heterocycles. The molecule has 0 aliphatic carbocycles. The molecule has 0 amide bonds. The Morgan fingerprint density at radius 1 is 0.905 bits per heavy atom. The van der Waals surface area contributed by atoms with Crippen molar-refractivity contribution < 1.29 is 13.2 Å². The monoisotopic (exact) mass is 353 g/mol. The number of hydrogen-bond donors (Lipinski definition) is 1. The van der Waals surface area contributed by atoms with Crippen molar-refractivity contribution in [3.05, 3.63) is 62.6 Å². The first-order valence-electron chi connectivity index (χ1n) is 5.81. The van der Waals surface area contributed by atoms with E-state index in [9.17, 15) is 13.2 Å². The molecule has 0 radical (unpaired) electrons. The van der Waals surface area contributed by atoms with E-state index in [4.69, 9.17) is 34.8 Å². The maximum Gasteiger partial charge on any atom is 0.416 e. The van der Waals surface area contributed by atoms with Crippen molar-refractivity contribution in [2.45, 2.75) is 12.7 Å². The molecule has 0 aliphatic heterocycles. The minimum absolute atomic E-state index is 0.0152. The van der Waals surface area contributed by atoms with Crippen LogP contribution < -0.4 is 5.32 Å². The summed E-state index contributed by atoms with van der Waals surface area (Å²) in [4.78, 5) is 0. The van der Waals surface area contributed by atoms with E-state index in [-0.39, 0.29) is 10.7 Å². The molecule has 0 saturated heterocycles. The van der Waals surface area contributed by atoms with Crippen LogP contribution in [0.15, 0.2) is 36.4 Å². The predicted molar refractivity (Wildman–Crippen MR) is 80.2 cm³/mol. The molecular formula is C14H9Cl3F3N. The van der Waals surface area contributed by atoms with Gasteiger partial charge in [0.1, 0.15) is 0 Å². The van der Waals surface area contributed by atoms with Gasteiger partial charge in [-0.05, 0) is 35.9 Å². The van der Waals surface area contributed by atoms with Gasteiger partial charge in [0.25, 0.3) is 0 Å². The molecule has 1 nitrogen and oxygen atoms in total. The maximum absolute atomic E-state index is 12.7. The molecule has 2 aromatic rings. The SMILES string of the molecule is FC(F)(F)c1cc(Cl)cc(NCc2ccc(Cl)c(Cl)c2)c1. The Labute approximate surface area is 134 Å². The first kappa shape index (κ1) is 16.3. The van der Waals surface area contributed by atoms with Crippen LogP contribution >= 0.6 is 34.8 Å². The number of rotatable bonds is 3. The third kappa shape index (κ3) is 4.43. The number of hydrogen-bond acceptors (Lipinski definition) is 1. The number of benzene rings is 2. The van der Waals surface area contributed by atoms with Crippen LogP contribution in [-0.4, -0.2) is 0 Å². The van der Waals surface area contributed by atoms with Crippen molar-refractivity contribution in [3.63, 3.8) is 0 Å². The third-order valence-corrected chi connectivity index (χ3v) is 3.66. The van der Waals surface area contributed by atoms with Gasteiger partial charge in [-0.25, -0.2) is 0 Å². The Kier molecular flexibility index (Phi) is 4.91. The van der Waals surface area contributed by atoms with E-state index >= 15 is 0 Å². The Bertz CT molecular complexity index is 656.